The van der Waals surface area contributed by atoms with Crippen molar-refractivity contribution in [2.24, 2.45) is 0 Å². The first kappa shape index (κ1) is 22.8. The Morgan fingerprint density at radius 1 is 1.09 bits per heavy atom. The van der Waals surface area contributed by atoms with Gasteiger partial charge in [-0.15, -0.1) is 0 Å². The van der Waals surface area contributed by atoms with Gasteiger partial charge in [-0.2, -0.15) is 0 Å². The van der Waals surface area contributed by atoms with Gasteiger partial charge in [0.05, 0.1) is 23.4 Å². The Bertz CT molecular complexity index is 1400. The third-order valence-corrected chi connectivity index (χ3v) is 5.70. The highest BCUT2D eigenvalue weighted by atomic mass is 35.5. The molecule has 0 atom stereocenters. The summed E-state index contributed by atoms with van der Waals surface area (Å²) in [6.07, 6.45) is 0. The minimum atomic E-state index is -0.384. The van der Waals surface area contributed by atoms with Gasteiger partial charge in [0, 0.05) is 5.56 Å². The van der Waals surface area contributed by atoms with Gasteiger partial charge in [0.25, 0.3) is 5.91 Å². The number of fused-ring (bicyclic) bond motifs is 1. The third kappa shape index (κ3) is 4.69. The number of aromatic nitrogens is 1. The van der Waals surface area contributed by atoms with E-state index in [0.717, 1.165) is 33.4 Å². The molecule has 168 valence electrons. The summed E-state index contributed by atoms with van der Waals surface area (Å²) in [7, 11) is 1.52. The fourth-order valence-electron chi connectivity index (χ4n) is 3.68. The van der Waals surface area contributed by atoms with Gasteiger partial charge in [-0.1, -0.05) is 29.8 Å². The number of para-hydroxylation sites is 1. The molecule has 1 aromatic heterocycles. The topological polar surface area (TPSA) is 76.4 Å². The Morgan fingerprint density at radius 2 is 1.88 bits per heavy atom. The second kappa shape index (κ2) is 9.21. The molecule has 0 fully saturated rings. The van der Waals surface area contributed by atoms with E-state index in [0.29, 0.717) is 27.9 Å². The maximum absolute atomic E-state index is 12.7. The number of rotatable bonds is 4. The summed E-state index contributed by atoms with van der Waals surface area (Å²) in [5.41, 5.74) is 6.16. The van der Waals surface area contributed by atoms with Crippen LogP contribution in [0.1, 0.15) is 27.0 Å². The number of nitrogens with one attached hydrogen (secondary N) is 2. The monoisotopic (exact) mass is 479 g/mol. The molecule has 33 heavy (non-hydrogen) atoms. The number of carbonyl (C=O) groups is 1. The van der Waals surface area contributed by atoms with Crippen LogP contribution in [-0.4, -0.2) is 23.1 Å². The molecule has 4 aromatic rings. The number of carbonyl (C=O) groups excluding carboxylic acids is 1. The number of amides is 1. The van der Waals surface area contributed by atoms with E-state index in [2.05, 4.69) is 21.7 Å². The summed E-state index contributed by atoms with van der Waals surface area (Å²) in [6.45, 7) is 5.88. The zero-order valence-electron chi connectivity index (χ0n) is 18.6. The van der Waals surface area contributed by atoms with Crippen LogP contribution in [-0.2, 0) is 0 Å². The number of oxazole rings is 1. The first-order chi connectivity index (χ1) is 15.8. The number of anilines is 1. The molecule has 0 bridgehead atoms. The predicted molar refractivity (Wildman–Crippen MR) is 135 cm³/mol. The molecular weight excluding hydrogens is 458 g/mol. The number of nitrogens with zero attached hydrogens (tertiary/aromatic N) is 1. The molecule has 0 aliphatic heterocycles. The van der Waals surface area contributed by atoms with Crippen molar-refractivity contribution in [1.82, 2.24) is 10.3 Å². The number of ether oxygens (including phenoxy) is 1. The van der Waals surface area contributed by atoms with Gasteiger partial charge >= 0.3 is 0 Å². The molecule has 1 amide bonds. The molecule has 0 aliphatic carbocycles. The van der Waals surface area contributed by atoms with Crippen LogP contribution in [0, 0.1) is 20.8 Å². The Labute approximate surface area is 201 Å². The van der Waals surface area contributed by atoms with E-state index in [1.807, 2.05) is 39.0 Å². The molecule has 0 aliphatic rings. The highest BCUT2D eigenvalue weighted by Gasteiger charge is 2.17. The molecule has 0 saturated heterocycles. The summed E-state index contributed by atoms with van der Waals surface area (Å²) in [5, 5.41) is 6.20. The van der Waals surface area contributed by atoms with Gasteiger partial charge in [0.1, 0.15) is 11.3 Å². The Balaban J connectivity index is 1.56. The zero-order chi connectivity index (χ0) is 23.7. The van der Waals surface area contributed by atoms with Crippen LogP contribution in [0.2, 0.25) is 5.02 Å². The number of halogens is 1. The van der Waals surface area contributed by atoms with E-state index < -0.39 is 0 Å². The van der Waals surface area contributed by atoms with Crippen LogP contribution >= 0.6 is 23.8 Å². The van der Waals surface area contributed by atoms with Crippen molar-refractivity contribution >= 4 is 51.6 Å². The van der Waals surface area contributed by atoms with Crippen molar-refractivity contribution in [3.05, 3.63) is 75.8 Å². The second-order valence-electron chi connectivity index (χ2n) is 7.71. The lowest BCUT2D eigenvalue weighted by atomic mass is 10.1. The maximum Gasteiger partial charge on any atom is 0.261 e. The Kier molecular flexibility index (Phi) is 6.35. The van der Waals surface area contributed by atoms with Gasteiger partial charge in [-0.05, 0) is 80.0 Å². The van der Waals surface area contributed by atoms with Crippen LogP contribution in [0.3, 0.4) is 0 Å². The standard InChI is InChI=1S/C25H22ClN3O3S/c1-13-10-15(3)22-20(11-13)27-24(32-22)16-8-9-18(26)19(12-16)28-25(33)29-23(30)17-7-5-6-14(2)21(17)31-4/h5-12H,1-4H3,(H2,28,29,30,33). The first-order valence-corrected chi connectivity index (χ1v) is 11.0. The van der Waals surface area contributed by atoms with Crippen LogP contribution < -0.4 is 15.4 Å². The largest absolute Gasteiger partial charge is 0.496 e. The maximum atomic E-state index is 12.7. The summed E-state index contributed by atoms with van der Waals surface area (Å²) in [5.74, 6) is 0.585. The molecule has 0 radical (unpaired) electrons. The molecule has 0 spiro atoms. The van der Waals surface area contributed by atoms with Crippen molar-refractivity contribution in [1.29, 1.82) is 0 Å². The van der Waals surface area contributed by atoms with Crippen molar-refractivity contribution in [2.45, 2.75) is 20.8 Å². The van der Waals surface area contributed by atoms with Gasteiger partial charge in [0.2, 0.25) is 5.89 Å². The fourth-order valence-corrected chi connectivity index (χ4v) is 4.05. The molecule has 8 heteroatoms. The number of benzene rings is 3. The molecule has 2 N–H and O–H groups in total. The van der Waals surface area contributed by atoms with Crippen LogP contribution in [0.25, 0.3) is 22.6 Å². The number of aryl methyl sites for hydroxylation is 3. The molecule has 0 unspecified atom stereocenters. The third-order valence-electron chi connectivity index (χ3n) is 5.17. The highest BCUT2D eigenvalue weighted by molar-refractivity contribution is 7.80. The van der Waals surface area contributed by atoms with Crippen LogP contribution in [0.4, 0.5) is 5.69 Å². The average molecular weight is 480 g/mol. The van der Waals surface area contributed by atoms with Crippen molar-refractivity contribution in [3.8, 4) is 17.2 Å². The fraction of sp³-hybridized carbons (Fsp3) is 0.160. The summed E-state index contributed by atoms with van der Waals surface area (Å²) in [4.78, 5) is 17.3. The number of thiocarbonyl (C=S) groups is 1. The van der Waals surface area contributed by atoms with E-state index in [4.69, 9.17) is 33.0 Å². The molecule has 6 nitrogen and oxygen atoms in total. The van der Waals surface area contributed by atoms with Crippen molar-refractivity contribution < 1.29 is 13.9 Å². The zero-order valence-corrected chi connectivity index (χ0v) is 20.1. The Hall–Kier alpha value is -3.42. The number of hydrogen-bond acceptors (Lipinski definition) is 5. The van der Waals surface area contributed by atoms with Gasteiger partial charge in [0.15, 0.2) is 10.7 Å². The lowest BCUT2D eigenvalue weighted by Crippen LogP contribution is -2.34. The SMILES string of the molecule is COc1c(C)cccc1C(=O)NC(=S)Nc1cc(-c2nc3cc(C)cc(C)c3o2)ccc1Cl. The van der Waals surface area contributed by atoms with E-state index in [1.165, 1.54) is 7.11 Å². The quantitative estimate of drug-likeness (QED) is 0.339. The van der Waals surface area contributed by atoms with E-state index >= 15 is 0 Å². The summed E-state index contributed by atoms with van der Waals surface area (Å²) >= 11 is 11.7. The minimum Gasteiger partial charge on any atom is -0.496 e. The first-order valence-electron chi connectivity index (χ1n) is 10.2. The average Bonchev–Trinajstić information content (AvgIpc) is 3.19. The van der Waals surface area contributed by atoms with Gasteiger partial charge < -0.3 is 14.5 Å². The lowest BCUT2D eigenvalue weighted by Gasteiger charge is -2.14. The Morgan fingerprint density at radius 3 is 2.64 bits per heavy atom. The predicted octanol–water partition coefficient (Wildman–Crippen LogP) is 6.21. The van der Waals surface area contributed by atoms with Gasteiger partial charge in [-0.25, -0.2) is 4.98 Å². The normalized spacial score (nSPS) is 10.8. The minimum absolute atomic E-state index is 0.103. The van der Waals surface area contributed by atoms with Crippen LogP contribution in [0.5, 0.6) is 5.75 Å². The van der Waals surface area contributed by atoms with Crippen molar-refractivity contribution in [3.63, 3.8) is 0 Å². The van der Waals surface area contributed by atoms with E-state index in [1.54, 1.807) is 24.3 Å². The van der Waals surface area contributed by atoms with Crippen LogP contribution in [0.15, 0.2) is 52.9 Å². The molecule has 0 saturated carbocycles. The summed E-state index contributed by atoms with van der Waals surface area (Å²) < 4.78 is 11.4. The number of methoxy groups -OCH3 is 1. The molecule has 4 rings (SSSR count). The lowest BCUT2D eigenvalue weighted by molar-refractivity contribution is 0.0974. The van der Waals surface area contributed by atoms with E-state index in [-0.39, 0.29) is 11.0 Å². The second-order valence-corrected chi connectivity index (χ2v) is 8.52. The van der Waals surface area contributed by atoms with Gasteiger partial charge in [-0.3, -0.25) is 10.1 Å². The number of hydrogen-bond donors (Lipinski definition) is 2. The van der Waals surface area contributed by atoms with E-state index in [9.17, 15) is 4.79 Å². The van der Waals surface area contributed by atoms with Crippen molar-refractivity contribution in [2.75, 3.05) is 12.4 Å². The summed E-state index contributed by atoms with van der Waals surface area (Å²) in [6, 6.07) is 14.7. The molecule has 1 heterocycles. The molecule has 3 aromatic carbocycles. The highest BCUT2D eigenvalue weighted by Crippen LogP contribution is 2.32. The smallest absolute Gasteiger partial charge is 0.261 e. The molecular formula is C25H22ClN3O3S.